The maximum Gasteiger partial charge on any atom is 0.222 e. The van der Waals surface area contributed by atoms with Crippen molar-refractivity contribution in [1.82, 2.24) is 5.32 Å². The van der Waals surface area contributed by atoms with Crippen molar-refractivity contribution in [3.8, 4) is 0 Å². The van der Waals surface area contributed by atoms with Crippen LogP contribution in [0.25, 0.3) is 0 Å². The van der Waals surface area contributed by atoms with Crippen molar-refractivity contribution in [3.63, 3.8) is 0 Å². The number of amides is 1. The van der Waals surface area contributed by atoms with Gasteiger partial charge in [-0.05, 0) is 5.92 Å². The summed E-state index contributed by atoms with van der Waals surface area (Å²) in [5.74, 6) is 0.699. The van der Waals surface area contributed by atoms with Gasteiger partial charge in [-0.25, -0.2) is 0 Å². The molecule has 0 heterocycles. The van der Waals surface area contributed by atoms with Crippen LogP contribution in [0.2, 0.25) is 0 Å². The molecule has 2 nitrogen and oxygen atoms in total. The summed E-state index contributed by atoms with van der Waals surface area (Å²) in [4.78, 5) is 10.8. The van der Waals surface area contributed by atoms with Crippen LogP contribution in [0.3, 0.4) is 0 Å². The Morgan fingerprint density at radius 1 is 1.18 bits per heavy atom. The number of nitrogens with one attached hydrogen (secondary N) is 1. The Balaban J connectivity index is 0. The molecule has 0 aliphatic carbocycles. The third kappa shape index (κ3) is 5.89. The van der Waals surface area contributed by atoms with E-state index in [4.69, 9.17) is 0 Å². The Bertz CT molecular complexity index is 99.7. The molecule has 0 aromatic rings. The molecule has 0 saturated carbocycles. The lowest BCUT2D eigenvalue weighted by molar-refractivity contribution is -0.125. The van der Waals surface area contributed by atoms with E-state index >= 15 is 0 Å². The molecule has 0 spiro atoms. The van der Waals surface area contributed by atoms with Crippen LogP contribution in [-0.4, -0.2) is 13.0 Å². The molecule has 2 heteroatoms. The minimum Gasteiger partial charge on any atom is -0.359 e. The first-order valence-corrected chi connectivity index (χ1v) is 4.31. The second-order valence-electron chi connectivity index (χ2n) is 2.65. The first-order valence-electron chi connectivity index (χ1n) is 4.31. The van der Waals surface area contributed by atoms with Gasteiger partial charge in [-0.1, -0.05) is 34.6 Å². The zero-order chi connectivity index (χ0) is 9.44. The summed E-state index contributed by atoms with van der Waals surface area (Å²) in [7, 11) is 1.67. The topological polar surface area (TPSA) is 29.1 Å². The number of hydrogen-bond acceptors (Lipinski definition) is 1. The maximum absolute atomic E-state index is 10.8. The molecule has 68 valence electrons. The van der Waals surface area contributed by atoms with Gasteiger partial charge in [-0.3, -0.25) is 4.79 Å². The van der Waals surface area contributed by atoms with E-state index in [0.29, 0.717) is 5.92 Å². The molecular weight excluding hydrogens is 138 g/mol. The van der Waals surface area contributed by atoms with Crippen molar-refractivity contribution in [2.75, 3.05) is 7.05 Å². The van der Waals surface area contributed by atoms with E-state index in [1.165, 1.54) is 0 Å². The minimum atomic E-state index is 0.130. The summed E-state index contributed by atoms with van der Waals surface area (Å²) < 4.78 is 0. The summed E-state index contributed by atoms with van der Waals surface area (Å²) in [6.45, 7) is 10.0. The van der Waals surface area contributed by atoms with E-state index in [9.17, 15) is 4.79 Å². The summed E-state index contributed by atoms with van der Waals surface area (Å²) in [6, 6.07) is 0. The van der Waals surface area contributed by atoms with Gasteiger partial charge in [0.15, 0.2) is 0 Å². The lowest BCUT2D eigenvalue weighted by atomic mass is 9.98. The summed E-state index contributed by atoms with van der Waals surface area (Å²) in [6.07, 6.45) is 0. The summed E-state index contributed by atoms with van der Waals surface area (Å²) in [5, 5.41) is 2.61. The quantitative estimate of drug-likeness (QED) is 0.656. The average molecular weight is 159 g/mol. The first-order chi connectivity index (χ1) is 5.09. The van der Waals surface area contributed by atoms with E-state index < -0.39 is 0 Å². The zero-order valence-corrected chi connectivity index (χ0v) is 8.56. The molecule has 1 N–H and O–H groups in total. The molecule has 0 unspecified atom stereocenters. The van der Waals surface area contributed by atoms with Crippen LogP contribution < -0.4 is 5.32 Å². The highest BCUT2D eigenvalue weighted by molar-refractivity contribution is 5.78. The van der Waals surface area contributed by atoms with Crippen LogP contribution in [0.4, 0.5) is 0 Å². The highest BCUT2D eigenvalue weighted by Gasteiger charge is 2.13. The van der Waals surface area contributed by atoms with Crippen molar-refractivity contribution in [1.29, 1.82) is 0 Å². The fourth-order valence-corrected chi connectivity index (χ4v) is 0.530. The lowest BCUT2D eigenvalue weighted by Gasteiger charge is -2.12. The van der Waals surface area contributed by atoms with Gasteiger partial charge >= 0.3 is 0 Å². The van der Waals surface area contributed by atoms with E-state index in [1.54, 1.807) is 7.05 Å². The fraction of sp³-hybridized carbons (Fsp3) is 0.889. The van der Waals surface area contributed by atoms with E-state index in [2.05, 4.69) is 5.32 Å². The van der Waals surface area contributed by atoms with Crippen LogP contribution in [-0.2, 0) is 4.79 Å². The molecule has 11 heavy (non-hydrogen) atoms. The fourth-order valence-electron chi connectivity index (χ4n) is 0.530. The van der Waals surface area contributed by atoms with Crippen molar-refractivity contribution < 1.29 is 4.79 Å². The molecular formula is C9H21NO. The molecule has 1 amide bonds. The van der Waals surface area contributed by atoms with Gasteiger partial charge < -0.3 is 5.32 Å². The van der Waals surface area contributed by atoms with Crippen molar-refractivity contribution in [3.05, 3.63) is 0 Å². The smallest absolute Gasteiger partial charge is 0.222 e. The summed E-state index contributed by atoms with van der Waals surface area (Å²) in [5.41, 5.74) is 0. The predicted octanol–water partition coefficient (Wildman–Crippen LogP) is 2.05. The number of rotatable bonds is 2. The Morgan fingerprint density at radius 2 is 1.55 bits per heavy atom. The largest absolute Gasteiger partial charge is 0.359 e. The SMILES string of the molecule is CC.CNC(=O)[C@@H](C)C(C)C. The third-order valence-electron chi connectivity index (χ3n) is 1.66. The zero-order valence-electron chi connectivity index (χ0n) is 8.56. The Labute approximate surface area is 70.4 Å². The Morgan fingerprint density at radius 3 is 1.64 bits per heavy atom. The molecule has 0 aromatic heterocycles. The molecule has 0 aliphatic heterocycles. The molecule has 0 radical (unpaired) electrons. The molecule has 0 aromatic carbocycles. The normalized spacial score (nSPS) is 11.5. The predicted molar refractivity (Wildman–Crippen MR) is 49.4 cm³/mol. The van der Waals surface area contributed by atoms with Crippen LogP contribution >= 0.6 is 0 Å². The highest BCUT2D eigenvalue weighted by atomic mass is 16.1. The van der Waals surface area contributed by atoms with E-state index in [-0.39, 0.29) is 11.8 Å². The van der Waals surface area contributed by atoms with Gasteiger partial charge in [0.25, 0.3) is 0 Å². The van der Waals surface area contributed by atoms with Gasteiger partial charge in [0.1, 0.15) is 0 Å². The Hall–Kier alpha value is -0.530. The maximum atomic E-state index is 10.8. The van der Waals surface area contributed by atoms with Gasteiger partial charge in [-0.2, -0.15) is 0 Å². The molecule has 0 saturated heterocycles. The van der Waals surface area contributed by atoms with Crippen LogP contribution in [0.15, 0.2) is 0 Å². The monoisotopic (exact) mass is 159 g/mol. The summed E-state index contributed by atoms with van der Waals surface area (Å²) >= 11 is 0. The van der Waals surface area contributed by atoms with Crippen molar-refractivity contribution >= 4 is 5.91 Å². The van der Waals surface area contributed by atoms with Crippen molar-refractivity contribution in [2.24, 2.45) is 11.8 Å². The molecule has 0 aliphatic rings. The number of carbonyl (C=O) groups excluding carboxylic acids is 1. The average Bonchev–Trinajstić information content (AvgIpc) is 2.05. The van der Waals surface area contributed by atoms with Gasteiger partial charge in [-0.15, -0.1) is 0 Å². The van der Waals surface area contributed by atoms with Crippen LogP contribution in [0.1, 0.15) is 34.6 Å². The van der Waals surface area contributed by atoms with E-state index in [0.717, 1.165) is 0 Å². The second kappa shape index (κ2) is 7.58. The second-order valence-corrected chi connectivity index (χ2v) is 2.65. The highest BCUT2D eigenvalue weighted by Crippen LogP contribution is 2.08. The molecule has 0 rings (SSSR count). The number of carbonyl (C=O) groups is 1. The number of hydrogen-bond donors (Lipinski definition) is 1. The van der Waals surface area contributed by atoms with Crippen molar-refractivity contribution in [2.45, 2.75) is 34.6 Å². The van der Waals surface area contributed by atoms with Gasteiger partial charge in [0.05, 0.1) is 0 Å². The minimum absolute atomic E-state index is 0.130. The third-order valence-corrected chi connectivity index (χ3v) is 1.66. The molecule has 0 bridgehead atoms. The molecule has 0 fully saturated rings. The van der Waals surface area contributed by atoms with Crippen LogP contribution in [0, 0.1) is 11.8 Å². The van der Waals surface area contributed by atoms with Gasteiger partial charge in [0.2, 0.25) is 5.91 Å². The van der Waals surface area contributed by atoms with Crippen LogP contribution in [0.5, 0.6) is 0 Å². The first kappa shape index (κ1) is 13.1. The lowest BCUT2D eigenvalue weighted by Crippen LogP contribution is -2.28. The Kier molecular flexibility index (Phi) is 9.01. The molecule has 1 atom stereocenters. The van der Waals surface area contributed by atoms with Gasteiger partial charge in [0, 0.05) is 13.0 Å². The standard InChI is InChI=1S/C7H15NO.C2H6/c1-5(2)6(3)7(9)8-4;1-2/h5-6H,1-4H3,(H,8,9);1-2H3/t6-;/m0./s1. The van der Waals surface area contributed by atoms with E-state index in [1.807, 2.05) is 34.6 Å².